The second-order valence-corrected chi connectivity index (χ2v) is 4.51. The Morgan fingerprint density at radius 1 is 1.42 bits per heavy atom. The first kappa shape index (κ1) is 10.2. The number of hydrogen-bond donors (Lipinski definition) is 0. The van der Waals surface area contributed by atoms with Crippen LogP contribution in [0.25, 0.3) is 0 Å². The molecule has 0 bridgehead atoms. The fourth-order valence-electron chi connectivity index (χ4n) is 1.35. The first-order chi connectivity index (χ1) is 5.61. The van der Waals surface area contributed by atoms with E-state index in [1.807, 2.05) is 4.90 Å². The highest BCUT2D eigenvalue weighted by atomic mass is 127. The van der Waals surface area contributed by atoms with Gasteiger partial charge in [-0.15, -0.1) is 0 Å². The maximum Gasteiger partial charge on any atom is 0.219 e. The van der Waals surface area contributed by atoms with E-state index in [1.54, 1.807) is 6.92 Å². The first-order valence-electron chi connectivity index (χ1n) is 4.29. The van der Waals surface area contributed by atoms with Crippen molar-refractivity contribution in [2.45, 2.75) is 26.3 Å². The highest BCUT2D eigenvalue weighted by Gasteiger charge is 2.19. The summed E-state index contributed by atoms with van der Waals surface area (Å²) in [6.45, 7) is 6.63. The van der Waals surface area contributed by atoms with Gasteiger partial charge in [0.25, 0.3) is 0 Å². The fourth-order valence-corrected chi connectivity index (χ4v) is 1.84. The van der Waals surface area contributed by atoms with Crippen molar-refractivity contribution in [3.05, 3.63) is 0 Å². The van der Waals surface area contributed by atoms with E-state index in [2.05, 4.69) is 32.9 Å². The summed E-state index contributed by atoms with van der Waals surface area (Å²) < 4.78 is 2.28. The van der Waals surface area contributed by atoms with Crippen molar-refractivity contribution < 1.29 is 4.79 Å². The number of amides is 1. The number of hydrogen-bond acceptors (Lipinski definition) is 2. The Kier molecular flexibility index (Phi) is 3.77. The van der Waals surface area contributed by atoms with Crippen molar-refractivity contribution in [1.29, 1.82) is 0 Å². The molecule has 1 rings (SSSR count). The van der Waals surface area contributed by atoms with Crippen molar-refractivity contribution >= 4 is 28.8 Å². The van der Waals surface area contributed by atoms with Crippen molar-refractivity contribution in [2.75, 3.05) is 19.6 Å². The van der Waals surface area contributed by atoms with Gasteiger partial charge in [-0.1, -0.05) is 0 Å². The lowest BCUT2D eigenvalue weighted by molar-refractivity contribution is -0.128. The third kappa shape index (κ3) is 2.58. The molecule has 1 fully saturated rings. The Labute approximate surface area is 87.6 Å². The molecule has 3 nitrogen and oxygen atoms in total. The van der Waals surface area contributed by atoms with Crippen LogP contribution in [0.15, 0.2) is 0 Å². The Morgan fingerprint density at radius 3 is 2.67 bits per heavy atom. The van der Waals surface area contributed by atoms with Crippen LogP contribution in [0.5, 0.6) is 0 Å². The smallest absolute Gasteiger partial charge is 0.219 e. The molecule has 1 aliphatic heterocycles. The Balaban J connectivity index is 2.49. The van der Waals surface area contributed by atoms with Crippen LogP contribution in [-0.2, 0) is 4.79 Å². The molecular weight excluding hydrogens is 267 g/mol. The minimum atomic E-state index is 0.203. The summed E-state index contributed by atoms with van der Waals surface area (Å²) >= 11 is 2.34. The Morgan fingerprint density at radius 2 is 2.08 bits per heavy atom. The van der Waals surface area contributed by atoms with Gasteiger partial charge >= 0.3 is 0 Å². The molecule has 0 spiro atoms. The van der Waals surface area contributed by atoms with Crippen molar-refractivity contribution in [3.8, 4) is 0 Å². The van der Waals surface area contributed by atoms with Crippen molar-refractivity contribution in [2.24, 2.45) is 0 Å². The van der Waals surface area contributed by atoms with Gasteiger partial charge in [-0.25, -0.2) is 3.11 Å². The summed E-state index contributed by atoms with van der Waals surface area (Å²) in [5.41, 5.74) is 0. The molecule has 0 saturated carbocycles. The summed E-state index contributed by atoms with van der Waals surface area (Å²) in [4.78, 5) is 13.0. The molecule has 1 saturated heterocycles. The van der Waals surface area contributed by atoms with E-state index in [0.717, 1.165) is 26.1 Å². The highest BCUT2D eigenvalue weighted by molar-refractivity contribution is 14.1. The number of nitrogens with zero attached hydrogens (tertiary/aromatic N) is 2. The zero-order valence-electron chi connectivity index (χ0n) is 7.59. The first-order valence-corrected chi connectivity index (χ1v) is 5.25. The maximum absolute atomic E-state index is 11.1. The number of carbonyl (C=O) groups is 1. The molecular formula is C8H15IN2O. The largest absolute Gasteiger partial charge is 0.342 e. The average molecular weight is 282 g/mol. The summed E-state index contributed by atoms with van der Waals surface area (Å²) in [5, 5.41) is 0. The van der Waals surface area contributed by atoms with E-state index < -0.39 is 0 Å². The minimum absolute atomic E-state index is 0.203. The molecule has 0 aromatic carbocycles. The highest BCUT2D eigenvalue weighted by Crippen LogP contribution is 2.14. The molecule has 4 heteroatoms. The molecule has 0 radical (unpaired) electrons. The Hall–Kier alpha value is 0.160. The fraction of sp³-hybridized carbons (Fsp3) is 0.875. The summed E-state index contributed by atoms with van der Waals surface area (Å²) in [6, 6.07) is 0.593. The number of carbonyl (C=O) groups excluding carboxylic acids is 1. The molecule has 0 aromatic heterocycles. The Bertz CT molecular complexity index is 162. The van der Waals surface area contributed by atoms with Gasteiger partial charge in [0.05, 0.1) is 0 Å². The van der Waals surface area contributed by atoms with Crippen LogP contribution >= 0.6 is 22.9 Å². The van der Waals surface area contributed by atoms with Crippen LogP contribution in [0, 0.1) is 0 Å². The molecule has 1 atom stereocenters. The van der Waals surface area contributed by atoms with E-state index >= 15 is 0 Å². The molecule has 1 amide bonds. The van der Waals surface area contributed by atoms with Crippen LogP contribution < -0.4 is 0 Å². The lowest BCUT2D eigenvalue weighted by Crippen LogP contribution is -2.31. The van der Waals surface area contributed by atoms with Gasteiger partial charge in [-0.05, 0) is 13.3 Å². The zero-order chi connectivity index (χ0) is 9.14. The predicted molar refractivity (Wildman–Crippen MR) is 57.1 cm³/mol. The topological polar surface area (TPSA) is 23.6 Å². The van der Waals surface area contributed by atoms with E-state index in [-0.39, 0.29) is 5.91 Å². The third-order valence-electron chi connectivity index (χ3n) is 2.32. The quantitative estimate of drug-likeness (QED) is 0.493. The lowest BCUT2D eigenvalue weighted by atomic mass is 10.2. The molecule has 70 valence electrons. The van der Waals surface area contributed by atoms with Gasteiger partial charge in [0, 0.05) is 55.5 Å². The molecule has 1 aliphatic rings. The second-order valence-electron chi connectivity index (χ2n) is 3.27. The molecule has 0 N–H and O–H groups in total. The van der Waals surface area contributed by atoms with E-state index in [4.69, 9.17) is 0 Å². The van der Waals surface area contributed by atoms with Gasteiger partial charge in [-0.2, -0.15) is 0 Å². The molecule has 0 aromatic rings. The zero-order valence-corrected chi connectivity index (χ0v) is 9.74. The van der Waals surface area contributed by atoms with Crippen molar-refractivity contribution in [3.63, 3.8) is 0 Å². The minimum Gasteiger partial charge on any atom is -0.342 e. The summed E-state index contributed by atoms with van der Waals surface area (Å²) in [5.74, 6) is 0.203. The number of halogens is 1. The molecule has 0 aliphatic carbocycles. The average Bonchev–Trinajstić information content (AvgIpc) is 2.16. The maximum atomic E-state index is 11.1. The van der Waals surface area contributed by atoms with Crippen molar-refractivity contribution in [1.82, 2.24) is 8.01 Å². The van der Waals surface area contributed by atoms with Gasteiger partial charge in [0.2, 0.25) is 5.91 Å². The van der Waals surface area contributed by atoms with Gasteiger partial charge in [0.15, 0.2) is 0 Å². The van der Waals surface area contributed by atoms with Gasteiger partial charge in [0.1, 0.15) is 0 Å². The summed E-state index contributed by atoms with van der Waals surface area (Å²) in [6.07, 6.45) is 1.09. The molecule has 1 heterocycles. The van der Waals surface area contributed by atoms with Crippen LogP contribution in [0.2, 0.25) is 0 Å². The standard InChI is InChI=1S/C8H15IN2O/c1-7-3-4-10(8(2)12)5-6-11(7)9/h7H,3-6H2,1-2H3. The monoisotopic (exact) mass is 282 g/mol. The van der Waals surface area contributed by atoms with E-state index in [1.165, 1.54) is 0 Å². The van der Waals surface area contributed by atoms with Crippen LogP contribution in [-0.4, -0.2) is 39.6 Å². The van der Waals surface area contributed by atoms with Gasteiger partial charge < -0.3 is 4.90 Å². The van der Waals surface area contributed by atoms with Crippen LogP contribution in [0.4, 0.5) is 0 Å². The number of rotatable bonds is 0. The predicted octanol–water partition coefficient (Wildman–Crippen LogP) is 1.28. The van der Waals surface area contributed by atoms with E-state index in [0.29, 0.717) is 6.04 Å². The van der Waals surface area contributed by atoms with E-state index in [9.17, 15) is 4.79 Å². The summed E-state index contributed by atoms with van der Waals surface area (Å²) in [7, 11) is 0. The van der Waals surface area contributed by atoms with Gasteiger partial charge in [-0.3, -0.25) is 4.79 Å². The molecule has 1 unspecified atom stereocenters. The third-order valence-corrected chi connectivity index (χ3v) is 3.76. The lowest BCUT2D eigenvalue weighted by Gasteiger charge is -2.17. The SMILES string of the molecule is CC(=O)N1CCC(C)N(I)CC1. The second kappa shape index (κ2) is 4.41. The normalized spacial score (nSPS) is 26.9. The van der Waals surface area contributed by atoms with Crippen LogP contribution in [0.3, 0.4) is 0 Å². The molecule has 12 heavy (non-hydrogen) atoms. The van der Waals surface area contributed by atoms with Crippen LogP contribution in [0.1, 0.15) is 20.3 Å².